The predicted octanol–water partition coefficient (Wildman–Crippen LogP) is 2.58. The Hall–Kier alpha value is -1.36. The second kappa shape index (κ2) is 4.39. The molecule has 1 amide bonds. The van der Waals surface area contributed by atoms with Crippen LogP contribution in [0.3, 0.4) is 0 Å². The molecule has 2 aromatic heterocycles. The van der Waals surface area contributed by atoms with Gasteiger partial charge in [-0.2, -0.15) is 0 Å². The molecule has 0 aromatic carbocycles. The molecule has 1 aliphatic heterocycles. The lowest BCUT2D eigenvalue weighted by Crippen LogP contribution is -2.39. The van der Waals surface area contributed by atoms with E-state index in [2.05, 4.69) is 11.9 Å². The number of likely N-dealkylation sites (tertiary alicyclic amines) is 1. The van der Waals surface area contributed by atoms with Crippen LogP contribution in [-0.2, 0) is 0 Å². The van der Waals surface area contributed by atoms with Crippen molar-refractivity contribution in [3.63, 3.8) is 0 Å². The van der Waals surface area contributed by atoms with Crippen molar-refractivity contribution in [1.29, 1.82) is 0 Å². The number of thiazole rings is 1. The third-order valence-electron chi connectivity index (χ3n) is 3.43. The van der Waals surface area contributed by atoms with Gasteiger partial charge >= 0.3 is 0 Å². The van der Waals surface area contributed by atoms with E-state index in [1.807, 2.05) is 28.6 Å². The highest BCUT2D eigenvalue weighted by Gasteiger charge is 2.24. The summed E-state index contributed by atoms with van der Waals surface area (Å²) in [7, 11) is 0. The second-order valence-corrected chi connectivity index (χ2v) is 6.37. The molecule has 0 aliphatic carbocycles. The average molecular weight is 263 g/mol. The van der Waals surface area contributed by atoms with Crippen molar-refractivity contribution >= 4 is 22.2 Å². The van der Waals surface area contributed by atoms with Gasteiger partial charge in [-0.1, -0.05) is 6.92 Å². The number of carbonyl (C=O) groups is 1. The number of hydrogen-bond acceptors (Lipinski definition) is 3. The van der Waals surface area contributed by atoms with E-state index in [0.29, 0.717) is 11.6 Å². The van der Waals surface area contributed by atoms with Crippen LogP contribution in [0.15, 0.2) is 12.4 Å². The monoisotopic (exact) mass is 263 g/mol. The van der Waals surface area contributed by atoms with E-state index < -0.39 is 0 Å². The number of carbonyl (C=O) groups excluding carboxylic acids is 1. The third-order valence-corrected chi connectivity index (χ3v) is 4.35. The van der Waals surface area contributed by atoms with Crippen LogP contribution in [0.2, 0.25) is 0 Å². The van der Waals surface area contributed by atoms with Crippen molar-refractivity contribution in [3.05, 3.63) is 23.0 Å². The van der Waals surface area contributed by atoms with E-state index in [-0.39, 0.29) is 5.91 Å². The van der Waals surface area contributed by atoms with Crippen LogP contribution >= 0.6 is 11.3 Å². The van der Waals surface area contributed by atoms with Gasteiger partial charge in [0.25, 0.3) is 5.91 Å². The largest absolute Gasteiger partial charge is 0.337 e. The molecule has 0 radical (unpaired) electrons. The Morgan fingerprint density at radius 2 is 2.33 bits per heavy atom. The van der Waals surface area contributed by atoms with Gasteiger partial charge in [0.05, 0.1) is 0 Å². The number of nitrogens with zero attached hydrogens (tertiary/aromatic N) is 3. The minimum atomic E-state index is 0.0788. The first-order valence-corrected chi connectivity index (χ1v) is 7.19. The lowest BCUT2D eigenvalue weighted by Gasteiger charge is -2.30. The summed E-state index contributed by atoms with van der Waals surface area (Å²) >= 11 is 1.62. The van der Waals surface area contributed by atoms with E-state index in [1.54, 1.807) is 11.3 Å². The maximum absolute atomic E-state index is 12.4. The van der Waals surface area contributed by atoms with Gasteiger partial charge in [-0.15, -0.1) is 11.3 Å². The molecule has 3 heterocycles. The van der Waals surface area contributed by atoms with Crippen molar-refractivity contribution in [2.24, 2.45) is 5.92 Å². The fraction of sp³-hybridized carbons (Fsp3) is 0.538. The standard InChI is InChI=1S/C13H17N3OS/c1-9-4-3-5-15(6-9)12(17)11-8-16-7-10(2)18-13(16)14-11/h7-9H,3-6H2,1-2H3. The molecular formula is C13H17N3OS. The highest BCUT2D eigenvalue weighted by Crippen LogP contribution is 2.20. The zero-order valence-corrected chi connectivity index (χ0v) is 11.5. The average Bonchev–Trinajstić information content (AvgIpc) is 2.85. The van der Waals surface area contributed by atoms with Crippen molar-refractivity contribution in [3.8, 4) is 0 Å². The normalized spacial score (nSPS) is 20.6. The van der Waals surface area contributed by atoms with Crippen LogP contribution in [0.4, 0.5) is 0 Å². The molecule has 0 saturated carbocycles. The van der Waals surface area contributed by atoms with Crippen LogP contribution in [0, 0.1) is 12.8 Å². The lowest BCUT2D eigenvalue weighted by molar-refractivity contribution is 0.0678. The van der Waals surface area contributed by atoms with Gasteiger partial charge in [-0.05, 0) is 25.7 Å². The van der Waals surface area contributed by atoms with Gasteiger partial charge in [-0.25, -0.2) is 4.98 Å². The molecule has 18 heavy (non-hydrogen) atoms. The maximum Gasteiger partial charge on any atom is 0.274 e. The fourth-order valence-corrected chi connectivity index (χ4v) is 3.36. The molecule has 4 nitrogen and oxygen atoms in total. The quantitative estimate of drug-likeness (QED) is 0.793. The molecule has 1 fully saturated rings. The van der Waals surface area contributed by atoms with Gasteiger partial charge < -0.3 is 4.90 Å². The molecule has 2 aromatic rings. The van der Waals surface area contributed by atoms with Gasteiger partial charge in [0, 0.05) is 30.4 Å². The van der Waals surface area contributed by atoms with Gasteiger partial charge in [-0.3, -0.25) is 9.20 Å². The molecule has 5 heteroatoms. The Kier molecular flexibility index (Phi) is 2.86. The Bertz CT molecular complexity index is 555. The molecule has 3 rings (SSSR count). The SMILES string of the molecule is Cc1cn2cc(C(=O)N3CCCC(C)C3)nc2s1. The Balaban J connectivity index is 1.84. The molecule has 96 valence electrons. The smallest absolute Gasteiger partial charge is 0.274 e. The summed E-state index contributed by atoms with van der Waals surface area (Å²) in [6, 6.07) is 0. The number of hydrogen-bond donors (Lipinski definition) is 0. The molecule has 0 N–H and O–H groups in total. The van der Waals surface area contributed by atoms with Crippen LogP contribution in [0.1, 0.15) is 35.1 Å². The number of amides is 1. The number of imidazole rings is 1. The van der Waals surface area contributed by atoms with E-state index in [9.17, 15) is 4.79 Å². The van der Waals surface area contributed by atoms with Crippen molar-refractivity contribution in [1.82, 2.24) is 14.3 Å². The first kappa shape index (κ1) is 11.7. The van der Waals surface area contributed by atoms with Crippen LogP contribution in [0.5, 0.6) is 0 Å². The summed E-state index contributed by atoms with van der Waals surface area (Å²) in [6.45, 7) is 5.98. The topological polar surface area (TPSA) is 37.6 Å². The number of rotatable bonds is 1. The summed E-state index contributed by atoms with van der Waals surface area (Å²) in [5, 5.41) is 0. The van der Waals surface area contributed by atoms with Crippen molar-refractivity contribution in [2.75, 3.05) is 13.1 Å². The zero-order chi connectivity index (χ0) is 12.7. The minimum Gasteiger partial charge on any atom is -0.337 e. The highest BCUT2D eigenvalue weighted by atomic mass is 32.1. The first-order valence-electron chi connectivity index (χ1n) is 6.38. The summed E-state index contributed by atoms with van der Waals surface area (Å²) in [5.41, 5.74) is 0.579. The number of fused-ring (bicyclic) bond motifs is 1. The zero-order valence-electron chi connectivity index (χ0n) is 10.7. The Morgan fingerprint density at radius 1 is 1.50 bits per heavy atom. The minimum absolute atomic E-state index is 0.0788. The van der Waals surface area contributed by atoms with E-state index >= 15 is 0 Å². The van der Waals surface area contributed by atoms with E-state index in [4.69, 9.17) is 0 Å². The molecular weight excluding hydrogens is 246 g/mol. The first-order chi connectivity index (χ1) is 8.63. The van der Waals surface area contributed by atoms with E-state index in [0.717, 1.165) is 24.5 Å². The van der Waals surface area contributed by atoms with Crippen molar-refractivity contribution < 1.29 is 4.79 Å². The second-order valence-electron chi connectivity index (χ2n) is 5.16. The fourth-order valence-electron chi connectivity index (χ4n) is 2.55. The number of aromatic nitrogens is 2. The highest BCUT2D eigenvalue weighted by molar-refractivity contribution is 7.17. The molecule has 1 aliphatic rings. The third kappa shape index (κ3) is 2.03. The van der Waals surface area contributed by atoms with Crippen molar-refractivity contribution in [2.45, 2.75) is 26.7 Å². The summed E-state index contributed by atoms with van der Waals surface area (Å²) in [6.07, 6.45) is 6.19. The summed E-state index contributed by atoms with van der Waals surface area (Å²) < 4.78 is 1.95. The lowest BCUT2D eigenvalue weighted by atomic mass is 10.0. The number of aryl methyl sites for hydroxylation is 1. The van der Waals surface area contributed by atoms with Crippen LogP contribution in [0.25, 0.3) is 4.96 Å². The Labute approximate surface area is 110 Å². The van der Waals surface area contributed by atoms with Gasteiger partial charge in [0.1, 0.15) is 5.69 Å². The summed E-state index contributed by atoms with van der Waals surface area (Å²) in [5.74, 6) is 0.684. The maximum atomic E-state index is 12.4. The molecule has 1 atom stereocenters. The number of piperidine rings is 1. The molecule has 1 unspecified atom stereocenters. The predicted molar refractivity (Wildman–Crippen MR) is 72.1 cm³/mol. The Morgan fingerprint density at radius 3 is 3.06 bits per heavy atom. The van der Waals surface area contributed by atoms with E-state index in [1.165, 1.54) is 11.3 Å². The van der Waals surface area contributed by atoms with Crippen LogP contribution in [-0.4, -0.2) is 33.3 Å². The molecule has 0 bridgehead atoms. The molecule has 0 spiro atoms. The van der Waals surface area contributed by atoms with Gasteiger partial charge in [0.15, 0.2) is 4.96 Å². The molecule has 1 saturated heterocycles. The van der Waals surface area contributed by atoms with Crippen LogP contribution < -0.4 is 0 Å². The summed E-state index contributed by atoms with van der Waals surface area (Å²) in [4.78, 5) is 20.8. The van der Waals surface area contributed by atoms with Gasteiger partial charge in [0.2, 0.25) is 0 Å².